The number of hydrogen-bond acceptors (Lipinski definition) is 15. The number of carboxylic acid groups (broad SMARTS) is 2. The molecule has 1 aromatic rings. The summed E-state index contributed by atoms with van der Waals surface area (Å²) >= 11 is 0. The van der Waals surface area contributed by atoms with E-state index in [1.165, 1.54) is 0 Å². The second-order valence-electron chi connectivity index (χ2n) is 19.6. The Balaban J connectivity index is 3.43. The Labute approximate surface area is 441 Å². The SMILES string of the molecule is CC[C@H](C)[C@H](NC(=O)CNC(=O)[C@H](Cc1ccccc1)NC(=O)[C@@H](NC(=O)[C@H](CC(C)C)NC(=O)[C@H](CCC(N)=O)NC(=O)[C@H](CC(C)C)NC(=O)[C@H](CO)NC(=O)[C@H](CC(=O)O)NC(=O)[C@@H](N)CO)C(C)C)C(=O)O. The topological polar surface area (TPSA) is 446 Å². The minimum Gasteiger partial charge on any atom is -0.481 e. The number of benzene rings is 1. The Kier molecular flexibility index (Phi) is 29.5. The number of nitrogens with two attached hydrogens (primary N) is 2. The van der Waals surface area contributed by atoms with E-state index in [4.69, 9.17) is 11.5 Å². The third-order valence-electron chi connectivity index (χ3n) is 11.7. The molecule has 0 radical (unpaired) electrons. The molecule has 10 amide bonds. The van der Waals surface area contributed by atoms with Gasteiger partial charge in [0.05, 0.1) is 26.2 Å². The Morgan fingerprint density at radius 3 is 1.49 bits per heavy atom. The van der Waals surface area contributed by atoms with Crippen molar-refractivity contribution in [3.8, 4) is 0 Å². The number of hydrogen-bond donors (Lipinski definition) is 15. The summed E-state index contributed by atoms with van der Waals surface area (Å²) in [7, 11) is 0. The van der Waals surface area contributed by atoms with Crippen LogP contribution in [0.2, 0.25) is 0 Å². The normalized spacial score (nSPS) is 15.1. The zero-order valence-electron chi connectivity index (χ0n) is 44.3. The van der Waals surface area contributed by atoms with E-state index in [2.05, 4.69) is 42.5 Å². The van der Waals surface area contributed by atoms with E-state index in [1.54, 1.807) is 85.7 Å². The number of aliphatic hydroxyl groups is 2. The third-order valence-corrected chi connectivity index (χ3v) is 11.7. The lowest BCUT2D eigenvalue weighted by Gasteiger charge is -2.29. The van der Waals surface area contributed by atoms with Crippen molar-refractivity contribution < 1.29 is 78.0 Å². The zero-order valence-corrected chi connectivity index (χ0v) is 44.3. The molecule has 0 aliphatic carbocycles. The molecule has 0 fully saturated rings. The number of amides is 10. The van der Waals surface area contributed by atoms with E-state index in [0.717, 1.165) is 0 Å². The third kappa shape index (κ3) is 24.4. The predicted octanol–water partition coefficient (Wildman–Crippen LogP) is -3.85. The van der Waals surface area contributed by atoms with E-state index in [1.807, 2.05) is 5.32 Å². The predicted molar refractivity (Wildman–Crippen MR) is 272 cm³/mol. The molecule has 27 nitrogen and oxygen atoms in total. The summed E-state index contributed by atoms with van der Waals surface area (Å²) in [6.07, 6.45) is -1.58. The van der Waals surface area contributed by atoms with Gasteiger partial charge in [0.25, 0.3) is 0 Å². The smallest absolute Gasteiger partial charge is 0.326 e. The maximum absolute atomic E-state index is 14.2. The summed E-state index contributed by atoms with van der Waals surface area (Å²) in [5.74, 6) is -14.0. The first kappa shape index (κ1) is 66.8. The molecule has 0 aromatic heterocycles. The Morgan fingerprint density at radius 2 is 1.01 bits per heavy atom. The molecule has 426 valence electrons. The summed E-state index contributed by atoms with van der Waals surface area (Å²) in [6.45, 7) is 10.9. The van der Waals surface area contributed by atoms with Crippen molar-refractivity contribution in [1.82, 2.24) is 47.9 Å². The molecule has 17 N–H and O–H groups in total. The van der Waals surface area contributed by atoms with Gasteiger partial charge in [-0.25, -0.2) is 4.79 Å². The number of rotatable bonds is 35. The van der Waals surface area contributed by atoms with Crippen molar-refractivity contribution in [2.24, 2.45) is 35.1 Å². The van der Waals surface area contributed by atoms with Crippen LogP contribution in [0, 0.1) is 23.7 Å². The summed E-state index contributed by atoms with van der Waals surface area (Å²) in [6, 6.07) is -4.91. The van der Waals surface area contributed by atoms with Crippen LogP contribution in [0.4, 0.5) is 0 Å². The van der Waals surface area contributed by atoms with Gasteiger partial charge in [-0.2, -0.15) is 0 Å². The van der Waals surface area contributed by atoms with Gasteiger partial charge in [-0.1, -0.05) is 92.1 Å². The number of nitrogens with one attached hydrogen (secondary N) is 9. The zero-order chi connectivity index (χ0) is 58.0. The van der Waals surface area contributed by atoms with Crippen LogP contribution in [-0.2, 0) is 64.0 Å². The molecule has 0 heterocycles. The minimum atomic E-state index is -1.82. The van der Waals surface area contributed by atoms with Crippen LogP contribution in [0.15, 0.2) is 30.3 Å². The fourth-order valence-corrected chi connectivity index (χ4v) is 7.30. The second-order valence-corrected chi connectivity index (χ2v) is 19.6. The molecule has 0 saturated heterocycles. The molecule has 1 rings (SSSR count). The first-order valence-electron chi connectivity index (χ1n) is 25.0. The monoisotopic (exact) mass is 1080 g/mol. The van der Waals surface area contributed by atoms with E-state index in [0.29, 0.717) is 12.0 Å². The first-order valence-corrected chi connectivity index (χ1v) is 25.0. The molecular weight excluding hydrogens is 999 g/mol. The highest BCUT2D eigenvalue weighted by molar-refractivity contribution is 5.99. The van der Waals surface area contributed by atoms with Crippen LogP contribution in [0.5, 0.6) is 0 Å². The van der Waals surface area contributed by atoms with E-state index < -0.39 is 176 Å². The van der Waals surface area contributed by atoms with Crippen LogP contribution < -0.4 is 59.3 Å². The van der Waals surface area contributed by atoms with E-state index >= 15 is 0 Å². The summed E-state index contributed by atoms with van der Waals surface area (Å²) in [5, 5.41) is 59.9. The fourth-order valence-electron chi connectivity index (χ4n) is 7.30. The summed E-state index contributed by atoms with van der Waals surface area (Å²) in [4.78, 5) is 157. The fraction of sp³-hybridized carbons (Fsp3) is 0.633. The minimum absolute atomic E-state index is 0.0209. The molecule has 76 heavy (non-hydrogen) atoms. The van der Waals surface area contributed by atoms with E-state index in [9.17, 15) is 78.0 Å². The average Bonchev–Trinajstić information content (AvgIpc) is 3.34. The quantitative estimate of drug-likeness (QED) is 0.0309. The van der Waals surface area contributed by atoms with Crippen molar-refractivity contribution in [2.45, 2.75) is 155 Å². The lowest BCUT2D eigenvalue weighted by molar-refractivity contribution is -0.143. The van der Waals surface area contributed by atoms with Gasteiger partial charge in [0, 0.05) is 12.8 Å². The van der Waals surface area contributed by atoms with Crippen molar-refractivity contribution >= 4 is 71.0 Å². The highest BCUT2D eigenvalue weighted by Gasteiger charge is 2.36. The highest BCUT2D eigenvalue weighted by atomic mass is 16.4. The molecule has 1 aromatic carbocycles. The van der Waals surface area contributed by atoms with Gasteiger partial charge in [0.1, 0.15) is 54.4 Å². The number of aliphatic hydroxyl groups excluding tert-OH is 2. The molecule has 0 unspecified atom stereocenters. The Hall–Kier alpha value is -7.26. The van der Waals surface area contributed by atoms with Gasteiger partial charge >= 0.3 is 11.9 Å². The van der Waals surface area contributed by atoms with Gasteiger partial charge < -0.3 is 79.7 Å². The van der Waals surface area contributed by atoms with Gasteiger partial charge in [-0.05, 0) is 48.5 Å². The van der Waals surface area contributed by atoms with Crippen LogP contribution >= 0.6 is 0 Å². The number of primary amides is 1. The molecule has 0 aliphatic heterocycles. The standard InChI is InChI=1S/C49H79N11O16/c1-9-27(8)40(49(75)76)59-37(64)21-52-42(68)33(19-28-13-11-10-12-14-28)57-48(74)39(26(6)7)60-46(72)32(18-25(4)5)55-43(69)30(15-16-36(51)63)53-44(70)31(17-24(2)3)56-47(73)35(23-62)58-45(71)34(20-38(65)66)54-41(67)29(50)22-61/h10-14,24-27,29-35,39-40,61-62H,9,15-23,50H2,1-8H3,(H2,51,63)(H,52,68)(H,53,70)(H,54,67)(H,55,69)(H,56,73)(H,57,74)(H,58,71)(H,59,64)(H,60,72)(H,65,66)(H,75,76)/t27-,29-,30-,31-,32-,33-,34-,35-,39-,40-/m0/s1. The molecular formula is C49H79N11O16. The number of carbonyl (C=O) groups is 12. The first-order chi connectivity index (χ1) is 35.5. The van der Waals surface area contributed by atoms with E-state index in [-0.39, 0.29) is 31.1 Å². The molecule has 0 spiro atoms. The lowest BCUT2D eigenvalue weighted by atomic mass is 9.98. The number of aliphatic carboxylic acids is 2. The van der Waals surface area contributed by atoms with Crippen molar-refractivity contribution in [2.75, 3.05) is 19.8 Å². The molecule has 0 bridgehead atoms. The Morgan fingerprint density at radius 1 is 0.539 bits per heavy atom. The second kappa shape index (κ2) is 33.6. The van der Waals surface area contributed by atoms with Crippen molar-refractivity contribution in [1.29, 1.82) is 0 Å². The van der Waals surface area contributed by atoms with Gasteiger partial charge in [-0.15, -0.1) is 0 Å². The van der Waals surface area contributed by atoms with Gasteiger partial charge in [0.2, 0.25) is 59.1 Å². The van der Waals surface area contributed by atoms with Crippen molar-refractivity contribution in [3.05, 3.63) is 35.9 Å². The van der Waals surface area contributed by atoms with Crippen LogP contribution in [0.25, 0.3) is 0 Å². The maximum Gasteiger partial charge on any atom is 0.326 e. The summed E-state index contributed by atoms with van der Waals surface area (Å²) < 4.78 is 0. The lowest BCUT2D eigenvalue weighted by Crippen LogP contribution is -2.61. The highest BCUT2D eigenvalue weighted by Crippen LogP contribution is 2.13. The number of carboxylic acids is 2. The molecule has 0 aliphatic rings. The van der Waals surface area contributed by atoms with Crippen LogP contribution in [0.3, 0.4) is 0 Å². The van der Waals surface area contributed by atoms with Crippen molar-refractivity contribution in [3.63, 3.8) is 0 Å². The summed E-state index contributed by atoms with van der Waals surface area (Å²) in [5.41, 5.74) is 11.5. The molecule has 10 atom stereocenters. The largest absolute Gasteiger partial charge is 0.481 e. The number of carbonyl (C=O) groups excluding carboxylic acids is 10. The average molecular weight is 1080 g/mol. The van der Waals surface area contributed by atoms with Crippen LogP contribution in [-0.4, -0.2) is 166 Å². The molecule has 27 heteroatoms. The van der Waals surface area contributed by atoms with Crippen LogP contribution in [0.1, 0.15) is 99.5 Å². The van der Waals surface area contributed by atoms with Gasteiger partial charge in [-0.3, -0.25) is 52.7 Å². The Bertz CT molecular complexity index is 2160. The maximum atomic E-state index is 14.2. The molecule has 0 saturated carbocycles. The van der Waals surface area contributed by atoms with Gasteiger partial charge in [0.15, 0.2) is 0 Å².